The number of hydrogen-bond acceptors (Lipinski definition) is 3. The Balaban J connectivity index is 2.02. The maximum absolute atomic E-state index is 13.6. The summed E-state index contributed by atoms with van der Waals surface area (Å²) in [6.07, 6.45) is 2.41. The van der Waals surface area contributed by atoms with Gasteiger partial charge < -0.3 is 15.2 Å². The van der Waals surface area contributed by atoms with Gasteiger partial charge >= 0.3 is 0 Å². The molecule has 0 radical (unpaired) electrons. The first-order valence-electron chi connectivity index (χ1n) is 6.39. The Bertz CT molecular complexity index is 397. The molecule has 0 heterocycles. The number of methoxy groups -OCH3 is 1. The number of halogens is 1. The van der Waals surface area contributed by atoms with E-state index in [0.29, 0.717) is 6.61 Å². The van der Waals surface area contributed by atoms with E-state index in [-0.39, 0.29) is 24.5 Å². The number of rotatable bonds is 6. The maximum Gasteiger partial charge on any atom is 0.126 e. The van der Waals surface area contributed by atoms with E-state index >= 15 is 0 Å². The molecule has 0 bridgehead atoms. The van der Waals surface area contributed by atoms with Crippen molar-refractivity contribution < 1.29 is 14.2 Å². The Morgan fingerprint density at radius 2 is 2.39 bits per heavy atom. The van der Waals surface area contributed by atoms with Gasteiger partial charge in [0.05, 0.1) is 6.61 Å². The molecule has 0 fully saturated rings. The van der Waals surface area contributed by atoms with E-state index in [4.69, 9.17) is 4.74 Å². The molecule has 2 rings (SSSR count). The number of aliphatic hydroxyl groups excluding tert-OH is 1. The summed E-state index contributed by atoms with van der Waals surface area (Å²) in [6, 6.07) is 5.37. The second-order valence-electron chi connectivity index (χ2n) is 4.73. The van der Waals surface area contributed by atoms with E-state index in [2.05, 4.69) is 5.32 Å². The summed E-state index contributed by atoms with van der Waals surface area (Å²) in [5.41, 5.74) is 1.85. The maximum atomic E-state index is 13.6. The lowest BCUT2D eigenvalue weighted by Gasteiger charge is -2.21. The van der Waals surface area contributed by atoms with Crippen molar-refractivity contribution in [2.75, 3.05) is 20.3 Å². The molecule has 2 unspecified atom stereocenters. The summed E-state index contributed by atoms with van der Waals surface area (Å²) >= 11 is 0. The predicted octanol–water partition coefficient (Wildman–Crippen LogP) is 1.80. The van der Waals surface area contributed by atoms with E-state index in [1.807, 2.05) is 6.07 Å². The Morgan fingerprint density at radius 3 is 3.11 bits per heavy atom. The van der Waals surface area contributed by atoms with Crippen molar-refractivity contribution in [2.24, 2.45) is 0 Å². The monoisotopic (exact) mass is 253 g/mol. The Morgan fingerprint density at radius 1 is 1.56 bits per heavy atom. The molecule has 18 heavy (non-hydrogen) atoms. The van der Waals surface area contributed by atoms with Crippen LogP contribution in [0.4, 0.5) is 4.39 Å². The first-order valence-corrected chi connectivity index (χ1v) is 6.39. The molecule has 100 valence electrons. The van der Waals surface area contributed by atoms with Crippen molar-refractivity contribution in [1.82, 2.24) is 5.32 Å². The van der Waals surface area contributed by atoms with Crippen molar-refractivity contribution in [3.63, 3.8) is 0 Å². The lowest BCUT2D eigenvalue weighted by molar-refractivity contribution is 0.154. The molecule has 1 aromatic carbocycles. The zero-order chi connectivity index (χ0) is 13.0. The molecule has 1 aromatic rings. The van der Waals surface area contributed by atoms with E-state index in [0.717, 1.165) is 30.4 Å². The molecule has 3 nitrogen and oxygen atoms in total. The molecule has 0 amide bonds. The third-order valence-electron chi connectivity index (χ3n) is 3.54. The summed E-state index contributed by atoms with van der Waals surface area (Å²) in [5, 5.41) is 12.7. The van der Waals surface area contributed by atoms with Crippen LogP contribution in [0.3, 0.4) is 0 Å². The van der Waals surface area contributed by atoms with Gasteiger partial charge in [-0.3, -0.25) is 0 Å². The normalized spacial score (nSPS) is 19.8. The minimum Gasteiger partial charge on any atom is -0.395 e. The fourth-order valence-corrected chi connectivity index (χ4v) is 2.55. The highest BCUT2D eigenvalue weighted by Crippen LogP contribution is 2.33. The van der Waals surface area contributed by atoms with Crippen LogP contribution in [-0.2, 0) is 11.2 Å². The molecule has 0 aliphatic heterocycles. The highest BCUT2D eigenvalue weighted by atomic mass is 19.1. The van der Waals surface area contributed by atoms with Gasteiger partial charge in [0.1, 0.15) is 5.82 Å². The van der Waals surface area contributed by atoms with Gasteiger partial charge in [-0.2, -0.15) is 0 Å². The van der Waals surface area contributed by atoms with Crippen LogP contribution in [0.5, 0.6) is 0 Å². The highest BCUT2D eigenvalue weighted by molar-refractivity contribution is 5.35. The highest BCUT2D eigenvalue weighted by Gasteiger charge is 2.26. The molecule has 2 N–H and O–H groups in total. The molecule has 0 spiro atoms. The van der Waals surface area contributed by atoms with E-state index < -0.39 is 0 Å². The van der Waals surface area contributed by atoms with Gasteiger partial charge in [-0.05, 0) is 36.5 Å². The fraction of sp³-hybridized carbons (Fsp3) is 0.571. The van der Waals surface area contributed by atoms with Gasteiger partial charge in [-0.1, -0.05) is 12.1 Å². The van der Waals surface area contributed by atoms with Crippen molar-refractivity contribution in [2.45, 2.75) is 31.3 Å². The van der Waals surface area contributed by atoms with Crippen LogP contribution in [0, 0.1) is 5.82 Å². The Hall–Kier alpha value is -0.970. The SMILES string of the molecule is COCCC(CO)NC1CCc2c(F)cccc21. The van der Waals surface area contributed by atoms with Crippen molar-refractivity contribution in [1.29, 1.82) is 0 Å². The number of fused-ring (bicyclic) bond motifs is 1. The van der Waals surface area contributed by atoms with Crippen LogP contribution >= 0.6 is 0 Å². The summed E-state index contributed by atoms with van der Waals surface area (Å²) in [6.45, 7) is 0.686. The molecule has 0 aromatic heterocycles. The molecule has 1 aliphatic carbocycles. The van der Waals surface area contributed by atoms with E-state index in [1.165, 1.54) is 6.07 Å². The molecule has 0 saturated carbocycles. The minimum absolute atomic E-state index is 0.00386. The van der Waals surface area contributed by atoms with Gasteiger partial charge in [0, 0.05) is 25.8 Å². The topological polar surface area (TPSA) is 41.5 Å². The smallest absolute Gasteiger partial charge is 0.126 e. The van der Waals surface area contributed by atoms with Crippen molar-refractivity contribution >= 4 is 0 Å². The fourth-order valence-electron chi connectivity index (χ4n) is 2.55. The van der Waals surface area contributed by atoms with Gasteiger partial charge in [-0.25, -0.2) is 4.39 Å². The lowest BCUT2D eigenvalue weighted by atomic mass is 10.1. The first-order chi connectivity index (χ1) is 8.76. The summed E-state index contributed by atoms with van der Waals surface area (Å²) in [5.74, 6) is -0.116. The number of nitrogens with one attached hydrogen (secondary N) is 1. The van der Waals surface area contributed by atoms with Crippen LogP contribution in [0.25, 0.3) is 0 Å². The molecule has 0 saturated heterocycles. The first kappa shape index (κ1) is 13.5. The van der Waals surface area contributed by atoms with Gasteiger partial charge in [0.15, 0.2) is 0 Å². The van der Waals surface area contributed by atoms with Crippen LogP contribution < -0.4 is 5.32 Å². The van der Waals surface area contributed by atoms with Crippen LogP contribution in [-0.4, -0.2) is 31.5 Å². The second kappa shape index (κ2) is 6.27. The third-order valence-corrected chi connectivity index (χ3v) is 3.54. The second-order valence-corrected chi connectivity index (χ2v) is 4.73. The molecular weight excluding hydrogens is 233 g/mol. The number of benzene rings is 1. The molecule has 2 atom stereocenters. The van der Waals surface area contributed by atoms with Crippen LogP contribution in [0.2, 0.25) is 0 Å². The minimum atomic E-state index is -0.116. The van der Waals surface area contributed by atoms with Crippen LogP contribution in [0.15, 0.2) is 18.2 Å². The molecular formula is C14H20FNO2. The van der Waals surface area contributed by atoms with Crippen LogP contribution in [0.1, 0.15) is 30.0 Å². The van der Waals surface area contributed by atoms with E-state index in [1.54, 1.807) is 13.2 Å². The average Bonchev–Trinajstić information content (AvgIpc) is 2.79. The van der Waals surface area contributed by atoms with E-state index in [9.17, 15) is 9.50 Å². The standard InChI is InChI=1S/C14H20FNO2/c1-18-8-7-10(9-17)16-14-6-5-11-12(14)3-2-4-13(11)15/h2-4,10,14,16-17H,5-9H2,1H3. The summed E-state index contributed by atoms with van der Waals surface area (Å²) in [7, 11) is 1.65. The van der Waals surface area contributed by atoms with Gasteiger partial charge in [0.2, 0.25) is 0 Å². The number of aliphatic hydroxyl groups is 1. The molecule has 1 aliphatic rings. The van der Waals surface area contributed by atoms with Crippen molar-refractivity contribution in [3.05, 3.63) is 35.1 Å². The predicted molar refractivity (Wildman–Crippen MR) is 68.0 cm³/mol. The Kier molecular flexibility index (Phi) is 4.69. The number of ether oxygens (including phenoxy) is 1. The third kappa shape index (κ3) is 2.88. The van der Waals surface area contributed by atoms with Crippen molar-refractivity contribution in [3.8, 4) is 0 Å². The lowest BCUT2D eigenvalue weighted by Crippen LogP contribution is -2.35. The average molecular weight is 253 g/mol. The zero-order valence-corrected chi connectivity index (χ0v) is 10.7. The largest absolute Gasteiger partial charge is 0.395 e. The van der Waals surface area contributed by atoms with Gasteiger partial charge in [-0.15, -0.1) is 0 Å². The zero-order valence-electron chi connectivity index (χ0n) is 10.7. The van der Waals surface area contributed by atoms with Gasteiger partial charge in [0.25, 0.3) is 0 Å². The number of hydrogen-bond donors (Lipinski definition) is 2. The quantitative estimate of drug-likeness (QED) is 0.812. The molecule has 4 heteroatoms. The summed E-state index contributed by atoms with van der Waals surface area (Å²) in [4.78, 5) is 0. The summed E-state index contributed by atoms with van der Waals surface area (Å²) < 4.78 is 18.6. The Labute approximate surface area is 107 Å².